The van der Waals surface area contributed by atoms with Crippen molar-refractivity contribution in [3.8, 4) is 0 Å². The highest BCUT2D eigenvalue weighted by Gasteiger charge is 2.37. The lowest BCUT2D eigenvalue weighted by atomic mass is 9.83. The van der Waals surface area contributed by atoms with Gasteiger partial charge in [0.05, 0.1) is 5.54 Å². The fraction of sp³-hybridized carbons (Fsp3) is 0.643. The van der Waals surface area contributed by atoms with Gasteiger partial charge in [-0.25, -0.2) is 14.8 Å². The molecule has 0 aromatic carbocycles. The Kier molecular flexibility index (Phi) is 4.23. The van der Waals surface area contributed by atoms with Crippen LogP contribution in [0, 0.1) is 0 Å². The van der Waals surface area contributed by atoms with Gasteiger partial charge < -0.3 is 15.4 Å². The molecule has 0 saturated carbocycles. The number of carbonyl (C=O) groups excluding carboxylic acids is 1. The number of piperidine rings is 1. The van der Waals surface area contributed by atoms with Crippen molar-refractivity contribution in [1.29, 1.82) is 0 Å². The molecule has 6 heteroatoms. The minimum atomic E-state index is -0.509. The van der Waals surface area contributed by atoms with E-state index in [-0.39, 0.29) is 0 Å². The minimum absolute atomic E-state index is 0.400. The van der Waals surface area contributed by atoms with Crippen molar-refractivity contribution in [2.75, 3.05) is 13.1 Å². The standard InChI is InChI=1S/C14H22N4O2/c1-13(2,3)20-12(19)18-14(4-6-15-7-5-14)11-8-16-10-17-9-11/h8-10,15H,4-7H2,1-3H3,(H,18,19). The summed E-state index contributed by atoms with van der Waals surface area (Å²) in [6.07, 6.45) is 6.19. The number of rotatable bonds is 2. The smallest absolute Gasteiger partial charge is 0.408 e. The van der Waals surface area contributed by atoms with Gasteiger partial charge in [0.1, 0.15) is 11.9 Å². The van der Waals surface area contributed by atoms with E-state index in [2.05, 4.69) is 20.6 Å². The number of carbonyl (C=O) groups is 1. The first-order valence-corrected chi connectivity index (χ1v) is 6.89. The van der Waals surface area contributed by atoms with Gasteiger partial charge in [-0.3, -0.25) is 0 Å². The summed E-state index contributed by atoms with van der Waals surface area (Å²) in [5.41, 5.74) is -0.0346. The van der Waals surface area contributed by atoms with E-state index in [4.69, 9.17) is 4.74 Å². The molecule has 2 rings (SSSR count). The lowest BCUT2D eigenvalue weighted by molar-refractivity contribution is 0.0426. The molecule has 1 aromatic heterocycles. The molecule has 1 aliphatic heterocycles. The predicted molar refractivity (Wildman–Crippen MR) is 75.2 cm³/mol. The molecule has 20 heavy (non-hydrogen) atoms. The predicted octanol–water partition coefficient (Wildman–Crippen LogP) is 1.58. The number of nitrogens with one attached hydrogen (secondary N) is 2. The molecule has 110 valence electrons. The summed E-state index contributed by atoms with van der Waals surface area (Å²) in [5, 5.41) is 6.32. The third-order valence-electron chi connectivity index (χ3n) is 3.31. The number of hydrogen-bond acceptors (Lipinski definition) is 5. The molecule has 6 nitrogen and oxygen atoms in total. The maximum absolute atomic E-state index is 12.1. The number of hydrogen-bond donors (Lipinski definition) is 2. The van der Waals surface area contributed by atoms with E-state index in [1.165, 1.54) is 6.33 Å². The molecule has 0 bridgehead atoms. The molecule has 1 saturated heterocycles. The van der Waals surface area contributed by atoms with Crippen molar-refractivity contribution in [3.63, 3.8) is 0 Å². The zero-order valence-corrected chi connectivity index (χ0v) is 12.3. The van der Waals surface area contributed by atoms with E-state index in [0.29, 0.717) is 0 Å². The van der Waals surface area contributed by atoms with Crippen molar-refractivity contribution < 1.29 is 9.53 Å². The Hall–Kier alpha value is -1.69. The number of amides is 1. The highest BCUT2D eigenvalue weighted by molar-refractivity contribution is 5.69. The van der Waals surface area contributed by atoms with Crippen molar-refractivity contribution in [2.45, 2.75) is 44.8 Å². The highest BCUT2D eigenvalue weighted by atomic mass is 16.6. The Labute approximate surface area is 119 Å². The molecule has 1 aromatic rings. The van der Waals surface area contributed by atoms with Gasteiger partial charge in [-0.1, -0.05) is 0 Å². The van der Waals surface area contributed by atoms with Crippen molar-refractivity contribution >= 4 is 6.09 Å². The fourth-order valence-electron chi connectivity index (χ4n) is 2.38. The van der Waals surface area contributed by atoms with Crippen LogP contribution in [0.15, 0.2) is 18.7 Å². The highest BCUT2D eigenvalue weighted by Crippen LogP contribution is 2.30. The lowest BCUT2D eigenvalue weighted by Crippen LogP contribution is -2.53. The summed E-state index contributed by atoms with van der Waals surface area (Å²) in [4.78, 5) is 20.2. The van der Waals surface area contributed by atoms with Crippen molar-refractivity contribution in [1.82, 2.24) is 20.6 Å². The molecular formula is C14H22N4O2. The van der Waals surface area contributed by atoms with E-state index in [1.807, 2.05) is 20.8 Å². The Morgan fingerprint density at radius 2 is 1.90 bits per heavy atom. The van der Waals surface area contributed by atoms with E-state index in [9.17, 15) is 4.79 Å². The van der Waals surface area contributed by atoms with E-state index in [1.54, 1.807) is 12.4 Å². The summed E-state index contributed by atoms with van der Waals surface area (Å²) in [7, 11) is 0. The van der Waals surface area contributed by atoms with Crippen molar-refractivity contribution in [2.24, 2.45) is 0 Å². The van der Waals surface area contributed by atoms with Gasteiger partial charge in [-0.05, 0) is 46.7 Å². The Balaban J connectivity index is 2.18. The maximum Gasteiger partial charge on any atom is 0.408 e. The van der Waals surface area contributed by atoms with Gasteiger partial charge in [-0.15, -0.1) is 0 Å². The van der Waals surface area contributed by atoms with Crippen LogP contribution in [0.2, 0.25) is 0 Å². The maximum atomic E-state index is 12.1. The molecule has 2 heterocycles. The third-order valence-corrected chi connectivity index (χ3v) is 3.31. The largest absolute Gasteiger partial charge is 0.444 e. The third kappa shape index (κ3) is 3.66. The van der Waals surface area contributed by atoms with Crippen LogP contribution in [-0.2, 0) is 10.3 Å². The zero-order valence-electron chi connectivity index (χ0n) is 12.3. The van der Waals surface area contributed by atoms with Crippen LogP contribution in [0.25, 0.3) is 0 Å². The molecule has 1 fully saturated rings. The molecule has 0 unspecified atom stereocenters. The molecule has 1 aliphatic rings. The van der Waals surface area contributed by atoms with Crippen LogP contribution in [0.5, 0.6) is 0 Å². The monoisotopic (exact) mass is 278 g/mol. The SMILES string of the molecule is CC(C)(C)OC(=O)NC1(c2cncnc2)CCNCC1. The van der Waals surface area contributed by atoms with Gasteiger partial charge >= 0.3 is 6.09 Å². The summed E-state index contributed by atoms with van der Waals surface area (Å²) >= 11 is 0. The first-order chi connectivity index (χ1) is 9.41. The topological polar surface area (TPSA) is 76.1 Å². The number of aromatic nitrogens is 2. The van der Waals surface area contributed by atoms with Gasteiger partial charge in [0.15, 0.2) is 0 Å². The Morgan fingerprint density at radius 3 is 2.45 bits per heavy atom. The van der Waals surface area contributed by atoms with Gasteiger partial charge in [0.25, 0.3) is 0 Å². The van der Waals surface area contributed by atoms with Gasteiger partial charge in [0.2, 0.25) is 0 Å². The second-order valence-corrected chi connectivity index (χ2v) is 6.09. The summed E-state index contributed by atoms with van der Waals surface area (Å²) in [6, 6.07) is 0. The van der Waals surface area contributed by atoms with Crippen LogP contribution < -0.4 is 10.6 Å². The molecule has 0 atom stereocenters. The van der Waals surface area contributed by atoms with Crippen LogP contribution in [-0.4, -0.2) is 34.8 Å². The first-order valence-electron chi connectivity index (χ1n) is 6.89. The van der Waals surface area contributed by atoms with Crippen LogP contribution >= 0.6 is 0 Å². The van der Waals surface area contributed by atoms with Gasteiger partial charge in [0, 0.05) is 18.0 Å². The van der Waals surface area contributed by atoms with Crippen LogP contribution in [0.4, 0.5) is 4.79 Å². The molecule has 0 spiro atoms. The Bertz CT molecular complexity index is 450. The molecular weight excluding hydrogens is 256 g/mol. The van der Waals surface area contributed by atoms with Gasteiger partial charge in [-0.2, -0.15) is 0 Å². The molecule has 2 N–H and O–H groups in total. The quantitative estimate of drug-likeness (QED) is 0.859. The molecule has 0 aliphatic carbocycles. The van der Waals surface area contributed by atoms with Crippen LogP contribution in [0.1, 0.15) is 39.2 Å². The second kappa shape index (κ2) is 5.75. The minimum Gasteiger partial charge on any atom is -0.444 e. The normalized spacial score (nSPS) is 18.4. The zero-order chi connectivity index (χ0) is 14.6. The van der Waals surface area contributed by atoms with E-state index in [0.717, 1.165) is 31.5 Å². The summed E-state index contributed by atoms with van der Waals surface area (Å²) in [6.45, 7) is 7.24. The lowest BCUT2D eigenvalue weighted by Gasteiger charge is -2.38. The number of alkyl carbamates (subject to hydrolysis) is 1. The number of ether oxygens (including phenoxy) is 1. The van der Waals surface area contributed by atoms with E-state index < -0.39 is 17.2 Å². The fourth-order valence-corrected chi connectivity index (χ4v) is 2.38. The molecule has 0 radical (unpaired) electrons. The summed E-state index contributed by atoms with van der Waals surface area (Å²) < 4.78 is 5.38. The van der Waals surface area contributed by atoms with Crippen molar-refractivity contribution in [3.05, 3.63) is 24.3 Å². The summed E-state index contributed by atoms with van der Waals surface area (Å²) in [5.74, 6) is 0. The van der Waals surface area contributed by atoms with Crippen LogP contribution in [0.3, 0.4) is 0 Å². The Morgan fingerprint density at radius 1 is 1.30 bits per heavy atom. The second-order valence-electron chi connectivity index (χ2n) is 6.09. The van der Waals surface area contributed by atoms with E-state index >= 15 is 0 Å². The average Bonchev–Trinajstić information content (AvgIpc) is 2.38. The number of nitrogens with zero attached hydrogens (tertiary/aromatic N) is 2. The average molecular weight is 278 g/mol. The first kappa shape index (κ1) is 14.7. The molecule has 1 amide bonds.